The van der Waals surface area contributed by atoms with E-state index in [1.54, 1.807) is 0 Å². The molecule has 0 saturated carbocycles. The zero-order chi connectivity index (χ0) is 7.68. The summed E-state index contributed by atoms with van der Waals surface area (Å²) < 4.78 is 5.24. The van der Waals surface area contributed by atoms with Gasteiger partial charge in [0.15, 0.2) is 6.10 Å². The molecule has 4 nitrogen and oxygen atoms in total. The molecule has 2 unspecified atom stereocenters. The van der Waals surface area contributed by atoms with E-state index >= 15 is 0 Å². The fourth-order valence-electron chi connectivity index (χ4n) is 1.47. The molecule has 0 aliphatic carbocycles. The quantitative estimate of drug-likeness (QED) is 0.572. The fourth-order valence-corrected chi connectivity index (χ4v) is 1.47. The number of aliphatic hydroxyl groups excluding tert-OH is 1. The first kappa shape index (κ1) is 7.06. The lowest BCUT2D eigenvalue weighted by atomic mass is 9.95. The van der Waals surface area contributed by atoms with Crippen LogP contribution in [0.15, 0.2) is 5.16 Å². The van der Waals surface area contributed by atoms with Crippen LogP contribution in [0.5, 0.6) is 0 Å². The molecule has 2 aliphatic rings. The van der Waals surface area contributed by atoms with Crippen molar-refractivity contribution in [1.29, 1.82) is 0 Å². The summed E-state index contributed by atoms with van der Waals surface area (Å²) in [5.74, 6) is 0.203. The summed E-state index contributed by atoms with van der Waals surface area (Å²) in [5, 5.41) is 12.7. The molecular formula is C7H11NO3. The van der Waals surface area contributed by atoms with Crippen molar-refractivity contribution >= 4 is 5.71 Å². The number of hydrogen-bond donors (Lipinski definition) is 1. The molecular weight excluding hydrogens is 146 g/mol. The lowest BCUT2D eigenvalue weighted by Gasteiger charge is -2.20. The van der Waals surface area contributed by atoms with Crippen LogP contribution in [0.1, 0.15) is 6.42 Å². The first-order valence-electron chi connectivity index (χ1n) is 3.83. The van der Waals surface area contributed by atoms with Crippen molar-refractivity contribution in [2.24, 2.45) is 11.1 Å². The van der Waals surface area contributed by atoms with Crippen LogP contribution in [0.3, 0.4) is 0 Å². The zero-order valence-corrected chi connectivity index (χ0v) is 6.19. The van der Waals surface area contributed by atoms with Crippen LogP contribution in [0, 0.1) is 5.92 Å². The Morgan fingerprint density at radius 2 is 2.55 bits per heavy atom. The van der Waals surface area contributed by atoms with E-state index in [2.05, 4.69) is 5.16 Å². The molecule has 2 heterocycles. The van der Waals surface area contributed by atoms with Gasteiger partial charge in [0.25, 0.3) is 0 Å². The number of rotatable bonds is 1. The highest BCUT2D eigenvalue weighted by Crippen LogP contribution is 2.23. The van der Waals surface area contributed by atoms with Crippen molar-refractivity contribution in [2.75, 3.05) is 19.8 Å². The first-order chi connectivity index (χ1) is 5.42. The number of nitrogens with zero attached hydrogens (tertiary/aromatic N) is 1. The van der Waals surface area contributed by atoms with Gasteiger partial charge >= 0.3 is 0 Å². The largest absolute Gasteiger partial charge is 0.392 e. The molecule has 1 N–H and O–H groups in total. The summed E-state index contributed by atoms with van der Waals surface area (Å²) in [7, 11) is 0. The van der Waals surface area contributed by atoms with Crippen LogP contribution in [-0.2, 0) is 9.57 Å². The maximum Gasteiger partial charge on any atom is 0.160 e. The van der Waals surface area contributed by atoms with Crippen LogP contribution in [0.25, 0.3) is 0 Å². The van der Waals surface area contributed by atoms with Gasteiger partial charge in [0.05, 0.1) is 31.5 Å². The maximum atomic E-state index is 8.85. The van der Waals surface area contributed by atoms with Crippen LogP contribution < -0.4 is 0 Å². The van der Waals surface area contributed by atoms with Gasteiger partial charge in [-0.2, -0.15) is 0 Å². The first-order valence-corrected chi connectivity index (χ1v) is 3.83. The average molecular weight is 157 g/mol. The van der Waals surface area contributed by atoms with Gasteiger partial charge in [0, 0.05) is 6.42 Å². The highest BCUT2D eigenvalue weighted by atomic mass is 16.7. The predicted molar refractivity (Wildman–Crippen MR) is 38.3 cm³/mol. The molecule has 1 fully saturated rings. The summed E-state index contributed by atoms with van der Waals surface area (Å²) in [6, 6.07) is 0. The van der Waals surface area contributed by atoms with Crippen molar-refractivity contribution in [2.45, 2.75) is 12.5 Å². The Labute approximate surface area is 64.8 Å². The van der Waals surface area contributed by atoms with Crippen LogP contribution in [0.4, 0.5) is 0 Å². The standard InChI is InChI=1S/C7H11NO3/c9-3-7-5-4-10-2-1-6(5)8-11-7/h5,7,9H,1-4H2. The molecule has 62 valence electrons. The number of oxime groups is 1. The second kappa shape index (κ2) is 2.79. The Hall–Kier alpha value is -0.610. The molecule has 4 heteroatoms. The summed E-state index contributed by atoms with van der Waals surface area (Å²) >= 11 is 0. The molecule has 0 aromatic carbocycles. The summed E-state index contributed by atoms with van der Waals surface area (Å²) in [6.45, 7) is 1.40. The maximum absolute atomic E-state index is 8.85. The third-order valence-electron chi connectivity index (χ3n) is 2.16. The smallest absolute Gasteiger partial charge is 0.160 e. The van der Waals surface area contributed by atoms with Crippen molar-refractivity contribution in [3.8, 4) is 0 Å². The van der Waals surface area contributed by atoms with E-state index in [9.17, 15) is 0 Å². The van der Waals surface area contributed by atoms with E-state index < -0.39 is 0 Å². The second-order valence-corrected chi connectivity index (χ2v) is 2.84. The Morgan fingerprint density at radius 3 is 3.36 bits per heavy atom. The number of fused-ring (bicyclic) bond motifs is 1. The molecule has 0 spiro atoms. The highest BCUT2D eigenvalue weighted by Gasteiger charge is 2.35. The minimum Gasteiger partial charge on any atom is -0.392 e. The van der Waals surface area contributed by atoms with E-state index in [1.165, 1.54) is 0 Å². The minimum absolute atomic E-state index is 0.0288. The third kappa shape index (κ3) is 1.12. The Kier molecular flexibility index (Phi) is 1.79. The van der Waals surface area contributed by atoms with E-state index in [0.717, 1.165) is 18.7 Å². The van der Waals surface area contributed by atoms with Crippen molar-refractivity contribution in [1.82, 2.24) is 0 Å². The van der Waals surface area contributed by atoms with Gasteiger partial charge in [0.2, 0.25) is 0 Å². The average Bonchev–Trinajstić information content (AvgIpc) is 2.47. The lowest BCUT2D eigenvalue weighted by Crippen LogP contribution is -2.34. The van der Waals surface area contributed by atoms with Crippen molar-refractivity contribution in [3.63, 3.8) is 0 Å². The van der Waals surface area contributed by atoms with E-state index in [-0.39, 0.29) is 18.6 Å². The van der Waals surface area contributed by atoms with Crippen LogP contribution >= 0.6 is 0 Å². The molecule has 2 atom stereocenters. The van der Waals surface area contributed by atoms with Crippen molar-refractivity contribution < 1.29 is 14.7 Å². The molecule has 0 aromatic heterocycles. The van der Waals surface area contributed by atoms with Gasteiger partial charge in [-0.05, 0) is 0 Å². The molecule has 2 rings (SSSR count). The molecule has 11 heavy (non-hydrogen) atoms. The van der Waals surface area contributed by atoms with Gasteiger partial charge in [-0.25, -0.2) is 0 Å². The fraction of sp³-hybridized carbons (Fsp3) is 0.857. The van der Waals surface area contributed by atoms with Crippen LogP contribution in [0.2, 0.25) is 0 Å². The van der Waals surface area contributed by atoms with Gasteiger partial charge in [-0.1, -0.05) is 5.16 Å². The van der Waals surface area contributed by atoms with E-state index in [0.29, 0.717) is 6.61 Å². The van der Waals surface area contributed by atoms with Gasteiger partial charge in [-0.3, -0.25) is 0 Å². The summed E-state index contributed by atoms with van der Waals surface area (Å²) in [5.41, 5.74) is 1.05. The Bertz CT molecular complexity index is 181. The topological polar surface area (TPSA) is 51.0 Å². The lowest BCUT2D eigenvalue weighted by molar-refractivity contribution is -0.00731. The second-order valence-electron chi connectivity index (χ2n) is 2.84. The minimum atomic E-state index is -0.162. The number of hydrogen-bond acceptors (Lipinski definition) is 4. The van der Waals surface area contributed by atoms with Crippen LogP contribution in [-0.4, -0.2) is 36.7 Å². The molecule has 0 bridgehead atoms. The Morgan fingerprint density at radius 1 is 1.64 bits per heavy atom. The molecule has 0 radical (unpaired) electrons. The zero-order valence-electron chi connectivity index (χ0n) is 6.19. The molecule has 0 aromatic rings. The summed E-state index contributed by atoms with van der Waals surface area (Å²) in [6.07, 6.45) is 0.687. The van der Waals surface area contributed by atoms with Gasteiger partial charge in [0.1, 0.15) is 0 Å². The highest BCUT2D eigenvalue weighted by molar-refractivity contribution is 5.88. The van der Waals surface area contributed by atoms with Gasteiger partial charge in [-0.15, -0.1) is 0 Å². The number of aliphatic hydroxyl groups is 1. The predicted octanol–water partition coefficient (Wildman–Crippen LogP) is -0.230. The number of ether oxygens (including phenoxy) is 1. The van der Waals surface area contributed by atoms with Crippen molar-refractivity contribution in [3.05, 3.63) is 0 Å². The normalized spacial score (nSPS) is 35.9. The summed E-state index contributed by atoms with van der Waals surface area (Å²) in [4.78, 5) is 5.01. The molecule has 1 saturated heterocycles. The monoisotopic (exact) mass is 157 g/mol. The molecule has 0 amide bonds. The SMILES string of the molecule is OCC1ON=C2CCOCC21. The molecule has 2 aliphatic heterocycles. The third-order valence-corrected chi connectivity index (χ3v) is 2.16. The van der Waals surface area contributed by atoms with E-state index in [1.807, 2.05) is 0 Å². The van der Waals surface area contributed by atoms with E-state index in [4.69, 9.17) is 14.7 Å². The van der Waals surface area contributed by atoms with Gasteiger partial charge < -0.3 is 14.7 Å². The Balaban J connectivity index is 2.05.